The summed E-state index contributed by atoms with van der Waals surface area (Å²) in [5, 5.41) is 9.00. The van der Waals surface area contributed by atoms with Gasteiger partial charge in [-0.25, -0.2) is 4.79 Å². The van der Waals surface area contributed by atoms with E-state index in [0.717, 1.165) is 24.2 Å². The van der Waals surface area contributed by atoms with Crippen molar-refractivity contribution in [3.63, 3.8) is 0 Å². The summed E-state index contributed by atoms with van der Waals surface area (Å²) < 4.78 is 0. The number of benzene rings is 3. The summed E-state index contributed by atoms with van der Waals surface area (Å²) in [4.78, 5) is 24.4. The Kier molecular flexibility index (Phi) is 8.50. The molecule has 166 valence electrons. The van der Waals surface area contributed by atoms with Gasteiger partial charge in [-0.05, 0) is 36.2 Å². The number of hydrogen-bond acceptors (Lipinski definition) is 4. The number of hydrazine groups is 1. The summed E-state index contributed by atoms with van der Waals surface area (Å²) in [6, 6.07) is 28.7. The fraction of sp³-hybridized carbons (Fsp3) is 0.200. The van der Waals surface area contributed by atoms with Crippen molar-refractivity contribution in [1.29, 1.82) is 0 Å². The summed E-state index contributed by atoms with van der Waals surface area (Å²) >= 11 is 0. The van der Waals surface area contributed by atoms with Gasteiger partial charge in [-0.2, -0.15) is 0 Å². The number of rotatable bonds is 5. The Morgan fingerprint density at radius 1 is 0.781 bits per heavy atom. The maximum absolute atomic E-state index is 12.5. The molecule has 7 heteroatoms. The normalized spacial score (nSPS) is 12.5. The molecule has 3 aromatic carbocycles. The topological polar surface area (TPSA) is 90.7 Å². The number of amides is 3. The van der Waals surface area contributed by atoms with E-state index in [4.69, 9.17) is 5.73 Å². The minimum absolute atomic E-state index is 0.0447. The molecule has 4 N–H and O–H groups in total. The number of nitrogens with one attached hydrogen (secondary N) is 2. The second kappa shape index (κ2) is 12.0. The lowest BCUT2D eigenvalue weighted by molar-refractivity contribution is -0.129. The first kappa shape index (κ1) is 22.7. The molecule has 7 nitrogen and oxygen atoms in total. The molecule has 1 fully saturated rings. The summed E-state index contributed by atoms with van der Waals surface area (Å²) in [7, 11) is 0. The Hall–Kier alpha value is -4.00. The molecular weight excluding hydrogens is 402 g/mol. The van der Waals surface area contributed by atoms with Gasteiger partial charge in [0.05, 0.1) is 5.69 Å². The van der Waals surface area contributed by atoms with Crippen LogP contribution in [0.15, 0.2) is 91.0 Å². The molecule has 0 aliphatic carbocycles. The van der Waals surface area contributed by atoms with E-state index in [2.05, 4.69) is 10.6 Å². The average molecular weight is 432 g/mol. The highest BCUT2D eigenvalue weighted by Gasteiger charge is 2.26. The third-order valence-electron chi connectivity index (χ3n) is 4.87. The first-order valence-corrected chi connectivity index (χ1v) is 10.6. The van der Waals surface area contributed by atoms with Crippen LogP contribution in [0, 0.1) is 0 Å². The van der Waals surface area contributed by atoms with Crippen LogP contribution in [-0.4, -0.2) is 36.6 Å². The Balaban J connectivity index is 0.000000416. The van der Waals surface area contributed by atoms with E-state index < -0.39 is 0 Å². The number of carbonyl (C=O) groups is 2. The summed E-state index contributed by atoms with van der Waals surface area (Å²) in [6.45, 7) is 1.78. The number of urea groups is 1. The van der Waals surface area contributed by atoms with E-state index in [9.17, 15) is 9.59 Å². The fourth-order valence-corrected chi connectivity index (χ4v) is 3.25. The molecule has 3 amide bonds. The lowest BCUT2D eigenvalue weighted by Crippen LogP contribution is -2.48. The lowest BCUT2D eigenvalue weighted by Gasteiger charge is -2.29. The van der Waals surface area contributed by atoms with Crippen LogP contribution in [0.5, 0.6) is 0 Å². The van der Waals surface area contributed by atoms with Gasteiger partial charge in [0.25, 0.3) is 5.91 Å². The van der Waals surface area contributed by atoms with Gasteiger partial charge < -0.3 is 16.4 Å². The van der Waals surface area contributed by atoms with E-state index in [1.54, 1.807) is 17.1 Å². The first-order chi connectivity index (χ1) is 15.6. The highest BCUT2D eigenvalue weighted by molar-refractivity contribution is 5.85. The molecule has 0 spiro atoms. The van der Waals surface area contributed by atoms with Crippen LogP contribution < -0.4 is 21.4 Å². The van der Waals surface area contributed by atoms with Gasteiger partial charge in [0.2, 0.25) is 0 Å². The van der Waals surface area contributed by atoms with Crippen LogP contribution in [0.3, 0.4) is 0 Å². The summed E-state index contributed by atoms with van der Waals surface area (Å²) in [5.74, 6) is -0.131. The number of nitrogens with two attached hydrogens (primary N) is 1. The molecule has 1 aliphatic heterocycles. The Bertz CT molecular complexity index is 938. The summed E-state index contributed by atoms with van der Waals surface area (Å²) in [6.07, 6.45) is 0.907. The zero-order valence-corrected chi connectivity index (χ0v) is 18.0. The third kappa shape index (κ3) is 7.05. The minimum atomic E-state index is -0.374. The number of nitrogen functional groups attached to an aromatic ring is 1. The third-order valence-corrected chi connectivity index (χ3v) is 4.87. The van der Waals surface area contributed by atoms with Gasteiger partial charge in [0.15, 0.2) is 0 Å². The first-order valence-electron chi connectivity index (χ1n) is 10.6. The SMILES string of the molecule is Nc1ccc(CNC(=O)NCC(=O)N2CCCN2c2ccccc2)cc1.c1ccccc1. The molecule has 1 aliphatic rings. The van der Waals surface area contributed by atoms with E-state index >= 15 is 0 Å². The number of nitrogens with zero attached hydrogens (tertiary/aromatic N) is 2. The van der Waals surface area contributed by atoms with Crippen LogP contribution in [0.4, 0.5) is 16.2 Å². The van der Waals surface area contributed by atoms with E-state index in [1.165, 1.54) is 0 Å². The number of para-hydroxylation sites is 1. The molecule has 1 heterocycles. The molecule has 1 saturated heterocycles. The van der Waals surface area contributed by atoms with Crippen molar-refractivity contribution < 1.29 is 9.59 Å². The maximum atomic E-state index is 12.5. The van der Waals surface area contributed by atoms with Crippen molar-refractivity contribution in [1.82, 2.24) is 15.6 Å². The maximum Gasteiger partial charge on any atom is 0.315 e. The van der Waals surface area contributed by atoms with Crippen LogP contribution in [0.1, 0.15) is 12.0 Å². The monoisotopic (exact) mass is 431 g/mol. The van der Waals surface area contributed by atoms with Crippen molar-refractivity contribution >= 4 is 23.3 Å². The number of hydrogen-bond donors (Lipinski definition) is 3. The van der Waals surface area contributed by atoms with Gasteiger partial charge in [0, 0.05) is 25.3 Å². The molecule has 4 rings (SSSR count). The Morgan fingerprint density at radius 2 is 1.38 bits per heavy atom. The number of carbonyl (C=O) groups excluding carboxylic acids is 2. The molecule has 0 aromatic heterocycles. The van der Waals surface area contributed by atoms with Gasteiger partial charge in [-0.1, -0.05) is 66.7 Å². The van der Waals surface area contributed by atoms with Crippen molar-refractivity contribution in [2.75, 3.05) is 30.4 Å². The highest BCUT2D eigenvalue weighted by Crippen LogP contribution is 2.21. The smallest absolute Gasteiger partial charge is 0.315 e. The van der Waals surface area contributed by atoms with Crippen LogP contribution in [0.25, 0.3) is 0 Å². The summed E-state index contributed by atoms with van der Waals surface area (Å²) in [5.41, 5.74) is 8.23. The van der Waals surface area contributed by atoms with Gasteiger partial charge in [-0.15, -0.1) is 0 Å². The Morgan fingerprint density at radius 3 is 2.00 bits per heavy atom. The fourth-order valence-electron chi connectivity index (χ4n) is 3.25. The van der Waals surface area contributed by atoms with Crippen molar-refractivity contribution in [3.8, 4) is 0 Å². The molecule has 0 radical (unpaired) electrons. The largest absolute Gasteiger partial charge is 0.399 e. The van der Waals surface area contributed by atoms with E-state index in [0.29, 0.717) is 18.8 Å². The number of anilines is 2. The molecule has 3 aromatic rings. The van der Waals surface area contributed by atoms with Gasteiger partial charge in [0.1, 0.15) is 6.54 Å². The molecule has 0 unspecified atom stereocenters. The van der Waals surface area contributed by atoms with Crippen molar-refractivity contribution in [2.24, 2.45) is 0 Å². The lowest BCUT2D eigenvalue weighted by atomic mass is 10.2. The predicted molar refractivity (Wildman–Crippen MR) is 128 cm³/mol. The van der Waals surface area contributed by atoms with Crippen LogP contribution in [-0.2, 0) is 11.3 Å². The molecule has 32 heavy (non-hydrogen) atoms. The quantitative estimate of drug-likeness (QED) is 0.540. The van der Waals surface area contributed by atoms with E-state index in [-0.39, 0.29) is 18.5 Å². The standard InChI is InChI=1S/C19H23N5O2.C6H6/c20-16-9-7-15(8-10-16)13-21-19(26)22-14-18(25)24-12-4-11-23(24)17-5-2-1-3-6-17;1-2-4-6-5-3-1/h1-3,5-10H,4,11-14,20H2,(H2,21,22,26);1-6H. The van der Waals surface area contributed by atoms with Gasteiger partial charge in [-0.3, -0.25) is 14.8 Å². The molecule has 0 saturated carbocycles. The van der Waals surface area contributed by atoms with Crippen LogP contribution in [0.2, 0.25) is 0 Å². The van der Waals surface area contributed by atoms with Crippen molar-refractivity contribution in [3.05, 3.63) is 96.6 Å². The molecule has 0 bridgehead atoms. The van der Waals surface area contributed by atoms with Crippen LogP contribution >= 0.6 is 0 Å². The Labute approximate surface area is 188 Å². The minimum Gasteiger partial charge on any atom is -0.399 e. The second-order valence-electron chi connectivity index (χ2n) is 7.26. The van der Waals surface area contributed by atoms with Gasteiger partial charge >= 0.3 is 6.03 Å². The molecular formula is C25H29N5O2. The zero-order valence-electron chi connectivity index (χ0n) is 18.0. The molecule has 0 atom stereocenters. The van der Waals surface area contributed by atoms with Crippen molar-refractivity contribution in [2.45, 2.75) is 13.0 Å². The van der Waals surface area contributed by atoms with E-state index in [1.807, 2.05) is 83.9 Å². The second-order valence-corrected chi connectivity index (χ2v) is 7.26. The highest BCUT2D eigenvalue weighted by atomic mass is 16.2. The zero-order chi connectivity index (χ0) is 22.6. The average Bonchev–Trinajstić information content (AvgIpc) is 3.34. The predicted octanol–water partition coefficient (Wildman–Crippen LogP) is 3.41.